The monoisotopic (exact) mass is 303 g/mol. The zero-order chi connectivity index (χ0) is 15.2. The Morgan fingerprint density at radius 1 is 1.36 bits per heavy atom. The van der Waals surface area contributed by atoms with Crippen LogP contribution in [0.25, 0.3) is 0 Å². The molecule has 5 heteroatoms. The molecule has 2 heterocycles. The van der Waals surface area contributed by atoms with E-state index >= 15 is 0 Å². The minimum atomic E-state index is -0.348. The van der Waals surface area contributed by atoms with Crippen molar-refractivity contribution in [3.05, 3.63) is 35.9 Å². The van der Waals surface area contributed by atoms with E-state index in [9.17, 15) is 4.79 Å². The van der Waals surface area contributed by atoms with Crippen LogP contribution in [0.1, 0.15) is 18.4 Å². The summed E-state index contributed by atoms with van der Waals surface area (Å²) < 4.78 is 5.65. The summed E-state index contributed by atoms with van der Waals surface area (Å²) in [5.41, 5.74) is 1.28. The number of carbonyl (C=O) groups excluding carboxylic acids is 1. The van der Waals surface area contributed by atoms with E-state index in [1.165, 1.54) is 12.0 Å². The molecule has 2 saturated heterocycles. The van der Waals surface area contributed by atoms with Gasteiger partial charge in [0.15, 0.2) is 0 Å². The van der Waals surface area contributed by atoms with Gasteiger partial charge < -0.3 is 15.4 Å². The van der Waals surface area contributed by atoms with Crippen molar-refractivity contribution in [1.29, 1.82) is 0 Å². The highest BCUT2D eigenvalue weighted by Gasteiger charge is 2.27. The van der Waals surface area contributed by atoms with Crippen LogP contribution in [0.4, 0.5) is 0 Å². The van der Waals surface area contributed by atoms with E-state index in [0.29, 0.717) is 25.7 Å². The molecule has 0 radical (unpaired) electrons. The third kappa shape index (κ3) is 4.29. The maximum Gasteiger partial charge on any atom is 0.250 e. The number of amides is 1. The van der Waals surface area contributed by atoms with Gasteiger partial charge in [-0.3, -0.25) is 9.69 Å². The summed E-state index contributed by atoms with van der Waals surface area (Å²) in [5, 5.41) is 6.42. The van der Waals surface area contributed by atoms with Gasteiger partial charge >= 0.3 is 0 Å². The van der Waals surface area contributed by atoms with Crippen molar-refractivity contribution in [2.24, 2.45) is 0 Å². The van der Waals surface area contributed by atoms with Gasteiger partial charge in [-0.2, -0.15) is 0 Å². The van der Waals surface area contributed by atoms with Crippen LogP contribution >= 0.6 is 0 Å². The van der Waals surface area contributed by atoms with Crippen LogP contribution in [-0.2, 0) is 16.1 Å². The third-order valence-corrected chi connectivity index (χ3v) is 4.38. The highest BCUT2D eigenvalue weighted by atomic mass is 16.5. The van der Waals surface area contributed by atoms with E-state index in [2.05, 4.69) is 39.8 Å². The Labute approximate surface area is 132 Å². The molecule has 0 saturated carbocycles. The van der Waals surface area contributed by atoms with E-state index in [1.807, 2.05) is 6.07 Å². The van der Waals surface area contributed by atoms with E-state index in [4.69, 9.17) is 4.74 Å². The van der Waals surface area contributed by atoms with Gasteiger partial charge in [-0.25, -0.2) is 0 Å². The van der Waals surface area contributed by atoms with Gasteiger partial charge in [-0.15, -0.1) is 0 Å². The third-order valence-electron chi connectivity index (χ3n) is 4.38. The smallest absolute Gasteiger partial charge is 0.250 e. The molecule has 0 aromatic heterocycles. The summed E-state index contributed by atoms with van der Waals surface area (Å²) >= 11 is 0. The van der Waals surface area contributed by atoms with E-state index < -0.39 is 0 Å². The normalized spacial score (nSPS) is 26.0. The van der Waals surface area contributed by atoms with Crippen molar-refractivity contribution in [1.82, 2.24) is 15.5 Å². The van der Waals surface area contributed by atoms with E-state index in [0.717, 1.165) is 26.1 Å². The molecule has 2 aliphatic rings. The first-order valence-corrected chi connectivity index (χ1v) is 8.20. The van der Waals surface area contributed by atoms with Crippen molar-refractivity contribution in [2.45, 2.75) is 31.5 Å². The van der Waals surface area contributed by atoms with Gasteiger partial charge in [-0.1, -0.05) is 30.3 Å². The lowest BCUT2D eigenvalue weighted by molar-refractivity contribution is -0.138. The molecule has 1 aromatic rings. The van der Waals surface area contributed by atoms with E-state index in [1.54, 1.807) is 0 Å². The van der Waals surface area contributed by atoms with Crippen LogP contribution in [0.2, 0.25) is 0 Å². The molecule has 3 rings (SSSR count). The number of hydrogen-bond acceptors (Lipinski definition) is 4. The Morgan fingerprint density at radius 2 is 2.23 bits per heavy atom. The number of ether oxygens (including phenoxy) is 1. The second-order valence-electron chi connectivity index (χ2n) is 6.12. The van der Waals surface area contributed by atoms with Gasteiger partial charge in [0.05, 0.1) is 6.61 Å². The first kappa shape index (κ1) is 15.5. The average molecular weight is 303 g/mol. The first-order valence-electron chi connectivity index (χ1n) is 8.20. The Morgan fingerprint density at radius 3 is 3.00 bits per heavy atom. The largest absolute Gasteiger partial charge is 0.366 e. The molecule has 5 nitrogen and oxygen atoms in total. The zero-order valence-corrected chi connectivity index (χ0v) is 13.0. The predicted molar refractivity (Wildman–Crippen MR) is 85.5 cm³/mol. The fraction of sp³-hybridized carbons (Fsp3) is 0.588. The number of rotatable bonds is 5. The van der Waals surface area contributed by atoms with Crippen molar-refractivity contribution in [2.75, 3.05) is 32.8 Å². The molecule has 0 spiro atoms. The fourth-order valence-corrected chi connectivity index (χ4v) is 3.11. The van der Waals surface area contributed by atoms with E-state index in [-0.39, 0.29) is 12.0 Å². The van der Waals surface area contributed by atoms with Crippen LogP contribution in [0.3, 0.4) is 0 Å². The minimum Gasteiger partial charge on any atom is -0.366 e. The van der Waals surface area contributed by atoms with Gasteiger partial charge in [-0.05, 0) is 24.9 Å². The number of carbonyl (C=O) groups is 1. The molecule has 120 valence electrons. The Hall–Kier alpha value is -1.43. The maximum atomic E-state index is 12.3. The SMILES string of the molecule is O=C(NCC1CCCN1)C1CN(Cc2ccccc2)CCO1. The molecule has 2 aliphatic heterocycles. The molecule has 0 bridgehead atoms. The van der Waals surface area contributed by atoms with Gasteiger partial charge in [0.1, 0.15) is 6.10 Å². The second kappa shape index (κ2) is 7.72. The molecule has 2 N–H and O–H groups in total. The summed E-state index contributed by atoms with van der Waals surface area (Å²) in [6.07, 6.45) is 2.00. The summed E-state index contributed by atoms with van der Waals surface area (Å²) in [6, 6.07) is 10.8. The molecule has 0 aliphatic carbocycles. The average Bonchev–Trinajstić information content (AvgIpc) is 3.07. The van der Waals surface area contributed by atoms with Crippen molar-refractivity contribution >= 4 is 5.91 Å². The molecular weight excluding hydrogens is 278 g/mol. The molecule has 2 unspecified atom stereocenters. The molecule has 2 atom stereocenters. The number of nitrogens with zero attached hydrogens (tertiary/aromatic N) is 1. The fourth-order valence-electron chi connectivity index (χ4n) is 3.11. The number of morpholine rings is 1. The van der Waals surface area contributed by atoms with Crippen LogP contribution in [0, 0.1) is 0 Å². The number of nitrogens with one attached hydrogen (secondary N) is 2. The number of benzene rings is 1. The van der Waals surface area contributed by atoms with Gasteiger partial charge in [0.2, 0.25) is 0 Å². The molecule has 1 aromatic carbocycles. The molecule has 22 heavy (non-hydrogen) atoms. The second-order valence-corrected chi connectivity index (χ2v) is 6.12. The van der Waals surface area contributed by atoms with Crippen LogP contribution in [0.5, 0.6) is 0 Å². The van der Waals surface area contributed by atoms with Crippen LogP contribution in [-0.4, -0.2) is 55.7 Å². The summed E-state index contributed by atoms with van der Waals surface area (Å²) in [7, 11) is 0. The van der Waals surface area contributed by atoms with Crippen molar-refractivity contribution in [3.8, 4) is 0 Å². The number of hydrogen-bond donors (Lipinski definition) is 2. The van der Waals surface area contributed by atoms with Crippen molar-refractivity contribution < 1.29 is 9.53 Å². The first-order chi connectivity index (χ1) is 10.8. The zero-order valence-electron chi connectivity index (χ0n) is 13.0. The molecule has 1 amide bonds. The predicted octanol–water partition coefficient (Wildman–Crippen LogP) is 0.756. The lowest BCUT2D eigenvalue weighted by atomic mass is 10.1. The standard InChI is InChI=1S/C17H25N3O2/c21-17(19-11-15-7-4-8-18-15)16-13-20(9-10-22-16)12-14-5-2-1-3-6-14/h1-3,5-6,15-16,18H,4,7-13H2,(H,19,21). The minimum absolute atomic E-state index is 0.0199. The Bertz CT molecular complexity index is 474. The highest BCUT2D eigenvalue weighted by Crippen LogP contribution is 2.11. The Kier molecular flexibility index (Phi) is 5.43. The molecule has 2 fully saturated rings. The Balaban J connectivity index is 1.46. The summed E-state index contributed by atoms with van der Waals surface area (Å²) in [6.45, 7) is 4.80. The summed E-state index contributed by atoms with van der Waals surface area (Å²) in [5.74, 6) is 0.0199. The molecular formula is C17H25N3O2. The van der Waals surface area contributed by atoms with Gasteiger partial charge in [0.25, 0.3) is 5.91 Å². The van der Waals surface area contributed by atoms with Crippen molar-refractivity contribution in [3.63, 3.8) is 0 Å². The lowest BCUT2D eigenvalue weighted by Crippen LogP contribution is -2.51. The lowest BCUT2D eigenvalue weighted by Gasteiger charge is -2.32. The maximum absolute atomic E-state index is 12.3. The van der Waals surface area contributed by atoms with Gasteiger partial charge in [0, 0.05) is 32.2 Å². The van der Waals surface area contributed by atoms with Crippen LogP contribution < -0.4 is 10.6 Å². The quantitative estimate of drug-likeness (QED) is 0.843. The highest BCUT2D eigenvalue weighted by molar-refractivity contribution is 5.81. The summed E-state index contributed by atoms with van der Waals surface area (Å²) in [4.78, 5) is 14.6. The van der Waals surface area contributed by atoms with Crippen LogP contribution in [0.15, 0.2) is 30.3 Å². The topological polar surface area (TPSA) is 53.6 Å².